The SMILES string of the molecule is CCN(CC)S(=O)(=O)c1ccc(NC(=O)CSCc2ccccc2C#N)cc1. The van der Waals surface area contributed by atoms with Gasteiger partial charge in [-0.1, -0.05) is 32.0 Å². The van der Waals surface area contributed by atoms with E-state index in [9.17, 15) is 13.2 Å². The Morgan fingerprint density at radius 3 is 2.36 bits per heavy atom. The second-order valence-corrected chi connectivity index (χ2v) is 8.85. The molecule has 0 fully saturated rings. The molecule has 0 unspecified atom stereocenters. The highest BCUT2D eigenvalue weighted by molar-refractivity contribution is 7.99. The van der Waals surface area contributed by atoms with Crippen LogP contribution in [-0.2, 0) is 20.6 Å². The summed E-state index contributed by atoms with van der Waals surface area (Å²) < 4.78 is 26.3. The highest BCUT2D eigenvalue weighted by atomic mass is 32.2. The Kier molecular flexibility index (Phi) is 8.05. The number of amides is 1. The van der Waals surface area contributed by atoms with E-state index in [2.05, 4.69) is 11.4 Å². The van der Waals surface area contributed by atoms with Crippen molar-refractivity contribution in [1.82, 2.24) is 4.31 Å². The Balaban J connectivity index is 1.92. The summed E-state index contributed by atoms with van der Waals surface area (Å²) in [5.41, 5.74) is 2.05. The molecule has 0 spiro atoms. The van der Waals surface area contributed by atoms with Gasteiger partial charge in [0.05, 0.1) is 22.3 Å². The van der Waals surface area contributed by atoms with E-state index in [1.807, 2.05) is 18.2 Å². The standard InChI is InChI=1S/C20H23N3O3S2/c1-3-23(4-2)28(25,26)19-11-9-18(10-12-19)22-20(24)15-27-14-17-8-6-5-7-16(17)13-21/h5-12H,3-4,14-15H2,1-2H3,(H,22,24). The first-order valence-corrected chi connectivity index (χ1v) is 11.5. The highest BCUT2D eigenvalue weighted by Crippen LogP contribution is 2.19. The van der Waals surface area contributed by atoms with Crippen molar-refractivity contribution in [1.29, 1.82) is 5.26 Å². The van der Waals surface area contributed by atoms with E-state index in [0.717, 1.165) is 5.56 Å². The van der Waals surface area contributed by atoms with E-state index < -0.39 is 10.0 Å². The monoisotopic (exact) mass is 417 g/mol. The summed E-state index contributed by atoms with van der Waals surface area (Å²) in [5.74, 6) is 0.621. The molecule has 8 heteroatoms. The van der Waals surface area contributed by atoms with E-state index in [4.69, 9.17) is 5.26 Å². The Labute approximate surface area is 170 Å². The maximum Gasteiger partial charge on any atom is 0.243 e. The van der Waals surface area contributed by atoms with Gasteiger partial charge < -0.3 is 5.32 Å². The van der Waals surface area contributed by atoms with Crippen molar-refractivity contribution in [2.75, 3.05) is 24.2 Å². The lowest BCUT2D eigenvalue weighted by Gasteiger charge is -2.18. The van der Waals surface area contributed by atoms with Crippen molar-refractivity contribution in [3.8, 4) is 6.07 Å². The van der Waals surface area contributed by atoms with Gasteiger partial charge in [0.15, 0.2) is 0 Å². The molecule has 0 saturated carbocycles. The Morgan fingerprint density at radius 1 is 1.11 bits per heavy atom. The first kappa shape index (κ1) is 22.0. The van der Waals surface area contributed by atoms with Gasteiger partial charge in [-0.2, -0.15) is 9.57 Å². The average molecular weight is 418 g/mol. The minimum Gasteiger partial charge on any atom is -0.325 e. The summed E-state index contributed by atoms with van der Waals surface area (Å²) in [6.45, 7) is 4.40. The number of rotatable bonds is 9. The number of sulfonamides is 1. The van der Waals surface area contributed by atoms with E-state index in [-0.39, 0.29) is 16.6 Å². The fourth-order valence-corrected chi connectivity index (χ4v) is 4.92. The van der Waals surface area contributed by atoms with Gasteiger partial charge in [0.25, 0.3) is 0 Å². The number of anilines is 1. The number of thioether (sulfide) groups is 1. The fraction of sp³-hybridized carbons (Fsp3) is 0.300. The fourth-order valence-electron chi connectivity index (χ4n) is 2.63. The quantitative estimate of drug-likeness (QED) is 0.675. The van der Waals surface area contributed by atoms with E-state index in [0.29, 0.717) is 30.1 Å². The van der Waals surface area contributed by atoms with Gasteiger partial charge in [-0.3, -0.25) is 4.79 Å². The third kappa shape index (κ3) is 5.58. The van der Waals surface area contributed by atoms with Crippen molar-refractivity contribution in [3.05, 3.63) is 59.7 Å². The van der Waals surface area contributed by atoms with Crippen LogP contribution < -0.4 is 5.32 Å². The molecule has 0 aliphatic rings. The average Bonchev–Trinajstić information content (AvgIpc) is 2.69. The molecule has 0 bridgehead atoms. The summed E-state index contributed by atoms with van der Waals surface area (Å²) in [5, 5.41) is 11.8. The molecule has 0 atom stereocenters. The van der Waals surface area contributed by atoms with E-state index >= 15 is 0 Å². The maximum absolute atomic E-state index is 12.5. The zero-order valence-corrected chi connectivity index (χ0v) is 17.5. The number of nitriles is 1. The first-order chi connectivity index (χ1) is 13.4. The molecule has 0 aromatic heterocycles. The van der Waals surface area contributed by atoms with Crippen LogP contribution >= 0.6 is 11.8 Å². The summed E-state index contributed by atoms with van der Waals surface area (Å²) in [4.78, 5) is 12.3. The van der Waals surface area contributed by atoms with Gasteiger partial charge >= 0.3 is 0 Å². The van der Waals surface area contributed by atoms with Crippen molar-refractivity contribution in [2.45, 2.75) is 24.5 Å². The topological polar surface area (TPSA) is 90.3 Å². The highest BCUT2D eigenvalue weighted by Gasteiger charge is 2.21. The van der Waals surface area contributed by atoms with Crippen LogP contribution in [0.5, 0.6) is 0 Å². The van der Waals surface area contributed by atoms with Crippen LogP contribution in [0.1, 0.15) is 25.0 Å². The lowest BCUT2D eigenvalue weighted by atomic mass is 10.1. The van der Waals surface area contributed by atoms with Crippen molar-refractivity contribution in [2.24, 2.45) is 0 Å². The number of nitrogens with zero attached hydrogens (tertiary/aromatic N) is 2. The van der Waals surface area contributed by atoms with Crippen LogP contribution in [0, 0.1) is 11.3 Å². The first-order valence-electron chi connectivity index (χ1n) is 8.88. The van der Waals surface area contributed by atoms with Crippen LogP contribution in [0.2, 0.25) is 0 Å². The molecule has 1 amide bonds. The maximum atomic E-state index is 12.5. The summed E-state index contributed by atoms with van der Waals surface area (Å²) in [7, 11) is -3.51. The van der Waals surface area contributed by atoms with Gasteiger partial charge in [0.2, 0.25) is 15.9 Å². The molecule has 0 aliphatic heterocycles. The predicted octanol–water partition coefficient (Wildman–Crippen LogP) is 3.46. The Hall–Kier alpha value is -2.34. The number of carbonyl (C=O) groups is 1. The summed E-state index contributed by atoms with van der Waals surface area (Å²) in [6.07, 6.45) is 0. The molecule has 0 heterocycles. The molecule has 1 N–H and O–H groups in total. The normalized spacial score (nSPS) is 11.2. The number of carbonyl (C=O) groups excluding carboxylic acids is 1. The van der Waals surface area contributed by atoms with Crippen LogP contribution in [0.3, 0.4) is 0 Å². The lowest BCUT2D eigenvalue weighted by molar-refractivity contribution is -0.113. The minimum absolute atomic E-state index is 0.182. The molecule has 0 aliphatic carbocycles. The van der Waals surface area contributed by atoms with Gasteiger partial charge in [0.1, 0.15) is 0 Å². The van der Waals surface area contributed by atoms with Crippen molar-refractivity contribution < 1.29 is 13.2 Å². The third-order valence-electron chi connectivity index (χ3n) is 4.11. The molecule has 148 valence electrons. The third-order valence-corrected chi connectivity index (χ3v) is 7.16. The van der Waals surface area contributed by atoms with Crippen LogP contribution in [-0.4, -0.2) is 37.5 Å². The Morgan fingerprint density at radius 2 is 1.75 bits per heavy atom. The molecular weight excluding hydrogens is 394 g/mol. The molecule has 6 nitrogen and oxygen atoms in total. The molecule has 2 aromatic carbocycles. The molecule has 28 heavy (non-hydrogen) atoms. The largest absolute Gasteiger partial charge is 0.325 e. The molecule has 0 saturated heterocycles. The van der Waals surface area contributed by atoms with Crippen molar-refractivity contribution >= 4 is 33.4 Å². The second-order valence-electron chi connectivity index (χ2n) is 5.92. The summed E-state index contributed by atoms with van der Waals surface area (Å²) >= 11 is 1.41. The van der Waals surface area contributed by atoms with Crippen LogP contribution in [0.25, 0.3) is 0 Å². The molecular formula is C20H23N3O3S2. The zero-order valence-electron chi connectivity index (χ0n) is 15.9. The lowest BCUT2D eigenvalue weighted by Crippen LogP contribution is -2.30. The van der Waals surface area contributed by atoms with E-state index in [1.165, 1.54) is 28.2 Å². The van der Waals surface area contributed by atoms with Crippen LogP contribution in [0.4, 0.5) is 5.69 Å². The van der Waals surface area contributed by atoms with Crippen LogP contribution in [0.15, 0.2) is 53.4 Å². The summed E-state index contributed by atoms with van der Waals surface area (Å²) in [6, 6.07) is 15.6. The number of hydrogen-bond acceptors (Lipinski definition) is 5. The van der Waals surface area contributed by atoms with Gasteiger partial charge in [0, 0.05) is 24.5 Å². The van der Waals surface area contributed by atoms with Gasteiger partial charge in [-0.15, -0.1) is 11.8 Å². The second kappa shape index (κ2) is 10.3. The smallest absolute Gasteiger partial charge is 0.243 e. The number of nitrogens with one attached hydrogen (secondary N) is 1. The zero-order chi connectivity index (χ0) is 20.6. The van der Waals surface area contributed by atoms with E-state index in [1.54, 1.807) is 32.0 Å². The minimum atomic E-state index is -3.51. The molecule has 2 rings (SSSR count). The molecule has 2 aromatic rings. The van der Waals surface area contributed by atoms with Gasteiger partial charge in [-0.25, -0.2) is 8.42 Å². The van der Waals surface area contributed by atoms with Gasteiger partial charge in [-0.05, 0) is 35.9 Å². The predicted molar refractivity (Wildman–Crippen MR) is 112 cm³/mol. The van der Waals surface area contributed by atoms with Crippen molar-refractivity contribution in [3.63, 3.8) is 0 Å². The number of benzene rings is 2. The number of hydrogen-bond donors (Lipinski definition) is 1. The molecule has 0 radical (unpaired) electrons. The Bertz CT molecular complexity index is 947.